The average Bonchev–Trinajstić information content (AvgIpc) is 3.07. The number of nitrogens with zero attached hydrogens (tertiary/aromatic N) is 2. The second-order valence-electron chi connectivity index (χ2n) is 6.31. The van der Waals surface area contributed by atoms with Crippen molar-refractivity contribution in [1.29, 1.82) is 0 Å². The molecule has 0 fully saturated rings. The van der Waals surface area contributed by atoms with Gasteiger partial charge in [0.05, 0.1) is 17.0 Å². The number of benzene rings is 1. The highest BCUT2D eigenvalue weighted by Crippen LogP contribution is 2.28. The Balaban J connectivity index is 1.80. The third kappa shape index (κ3) is 2.71. The lowest BCUT2D eigenvalue weighted by atomic mass is 9.99. The normalized spacial score (nSPS) is 13.4. The molecule has 1 aromatic carbocycles. The van der Waals surface area contributed by atoms with Crippen LogP contribution in [0.4, 0.5) is 0 Å². The molecule has 0 saturated heterocycles. The van der Waals surface area contributed by atoms with Gasteiger partial charge >= 0.3 is 0 Å². The minimum absolute atomic E-state index is 0.0230. The number of rotatable bonds is 3. The van der Waals surface area contributed by atoms with Gasteiger partial charge in [-0.2, -0.15) is 0 Å². The van der Waals surface area contributed by atoms with Crippen molar-refractivity contribution in [2.24, 2.45) is 0 Å². The molecule has 1 aliphatic heterocycles. The quantitative estimate of drug-likeness (QED) is 0.773. The predicted molar refractivity (Wildman–Crippen MR) is 97.4 cm³/mol. The first-order valence-electron chi connectivity index (χ1n) is 8.59. The van der Waals surface area contributed by atoms with Crippen LogP contribution in [-0.2, 0) is 12.8 Å². The zero-order valence-corrected chi connectivity index (χ0v) is 14.4. The molecular weight excluding hydrogens is 312 g/mol. The van der Waals surface area contributed by atoms with Crippen LogP contribution in [-0.4, -0.2) is 27.4 Å². The van der Waals surface area contributed by atoms with Crippen molar-refractivity contribution >= 4 is 5.91 Å². The van der Waals surface area contributed by atoms with Gasteiger partial charge in [0.25, 0.3) is 5.91 Å². The Morgan fingerprint density at radius 3 is 2.92 bits per heavy atom. The highest BCUT2D eigenvalue weighted by atomic mass is 16.1. The van der Waals surface area contributed by atoms with Gasteiger partial charge in [0.1, 0.15) is 0 Å². The van der Waals surface area contributed by atoms with E-state index in [0.29, 0.717) is 12.1 Å². The first-order chi connectivity index (χ1) is 12.2. The Morgan fingerprint density at radius 1 is 1.24 bits per heavy atom. The zero-order valence-electron chi connectivity index (χ0n) is 14.4. The molecule has 0 radical (unpaired) electrons. The summed E-state index contributed by atoms with van der Waals surface area (Å²) < 4.78 is 0. The Labute approximate surface area is 146 Å². The molecule has 0 atom stereocenters. The van der Waals surface area contributed by atoms with Crippen LogP contribution in [0.25, 0.3) is 22.8 Å². The van der Waals surface area contributed by atoms with Crippen molar-refractivity contribution in [2.45, 2.75) is 26.7 Å². The predicted octanol–water partition coefficient (Wildman–Crippen LogP) is 3.30. The maximum atomic E-state index is 12.0. The van der Waals surface area contributed by atoms with Gasteiger partial charge in [0, 0.05) is 30.4 Å². The lowest BCUT2D eigenvalue weighted by Gasteiger charge is -2.11. The zero-order chi connectivity index (χ0) is 17.4. The standard InChI is InChI=1S/C20H20N4O/c1-3-13-6-4-5-12(2)18(13)19-21-9-8-16(24-19)17-11-14-15(23-17)7-10-22-20(14)25/h4-6,8-9,11,23H,3,7,10H2,1-2H3,(H,22,25). The average molecular weight is 332 g/mol. The molecule has 25 heavy (non-hydrogen) atoms. The van der Waals surface area contributed by atoms with E-state index in [2.05, 4.69) is 47.3 Å². The molecule has 5 nitrogen and oxygen atoms in total. The van der Waals surface area contributed by atoms with Gasteiger partial charge in [-0.15, -0.1) is 0 Å². The van der Waals surface area contributed by atoms with Crippen LogP contribution in [0.3, 0.4) is 0 Å². The van der Waals surface area contributed by atoms with Gasteiger partial charge in [0.2, 0.25) is 0 Å². The number of amides is 1. The first kappa shape index (κ1) is 15.6. The van der Waals surface area contributed by atoms with Crippen molar-refractivity contribution in [3.8, 4) is 22.8 Å². The van der Waals surface area contributed by atoms with Gasteiger partial charge < -0.3 is 10.3 Å². The highest BCUT2D eigenvalue weighted by molar-refractivity contribution is 5.97. The third-order valence-electron chi connectivity index (χ3n) is 4.70. The molecule has 0 unspecified atom stereocenters. The van der Waals surface area contributed by atoms with Crippen LogP contribution in [0, 0.1) is 6.92 Å². The van der Waals surface area contributed by atoms with E-state index in [1.54, 1.807) is 6.20 Å². The monoisotopic (exact) mass is 332 g/mol. The molecule has 4 rings (SSSR count). The van der Waals surface area contributed by atoms with Crippen molar-refractivity contribution in [2.75, 3.05) is 6.54 Å². The van der Waals surface area contributed by atoms with Crippen molar-refractivity contribution < 1.29 is 4.79 Å². The van der Waals surface area contributed by atoms with E-state index < -0.39 is 0 Å². The topological polar surface area (TPSA) is 70.7 Å². The van der Waals surface area contributed by atoms with Crippen LogP contribution < -0.4 is 5.32 Å². The lowest BCUT2D eigenvalue weighted by Crippen LogP contribution is -2.31. The molecule has 126 valence electrons. The summed E-state index contributed by atoms with van der Waals surface area (Å²) >= 11 is 0. The molecule has 0 bridgehead atoms. The summed E-state index contributed by atoms with van der Waals surface area (Å²) in [5.74, 6) is 0.703. The Morgan fingerprint density at radius 2 is 2.12 bits per heavy atom. The highest BCUT2D eigenvalue weighted by Gasteiger charge is 2.20. The molecule has 1 aliphatic rings. The van der Waals surface area contributed by atoms with Crippen LogP contribution in [0.1, 0.15) is 34.1 Å². The largest absolute Gasteiger partial charge is 0.356 e. The summed E-state index contributed by atoms with van der Waals surface area (Å²) in [6.07, 6.45) is 3.53. The van der Waals surface area contributed by atoms with Gasteiger partial charge in [-0.3, -0.25) is 4.79 Å². The molecule has 5 heteroatoms. The summed E-state index contributed by atoms with van der Waals surface area (Å²) in [5, 5.41) is 2.87. The Kier molecular flexibility index (Phi) is 3.84. The summed E-state index contributed by atoms with van der Waals surface area (Å²) in [4.78, 5) is 24.6. The van der Waals surface area contributed by atoms with E-state index in [-0.39, 0.29) is 5.91 Å². The fraction of sp³-hybridized carbons (Fsp3) is 0.250. The van der Waals surface area contributed by atoms with E-state index in [0.717, 1.165) is 41.3 Å². The van der Waals surface area contributed by atoms with E-state index in [1.165, 1.54) is 11.1 Å². The van der Waals surface area contributed by atoms with Gasteiger partial charge in [0.15, 0.2) is 5.82 Å². The minimum atomic E-state index is -0.0230. The molecule has 3 heterocycles. The number of aryl methyl sites for hydroxylation is 2. The minimum Gasteiger partial charge on any atom is -0.356 e. The van der Waals surface area contributed by atoms with Crippen LogP contribution in [0.2, 0.25) is 0 Å². The van der Waals surface area contributed by atoms with Crippen LogP contribution in [0.5, 0.6) is 0 Å². The summed E-state index contributed by atoms with van der Waals surface area (Å²) in [6, 6.07) is 10.0. The number of hydrogen-bond acceptors (Lipinski definition) is 3. The maximum Gasteiger partial charge on any atom is 0.253 e. The van der Waals surface area contributed by atoms with Gasteiger partial charge in [-0.1, -0.05) is 25.1 Å². The number of carbonyl (C=O) groups is 1. The van der Waals surface area contributed by atoms with Crippen LogP contribution in [0.15, 0.2) is 36.5 Å². The van der Waals surface area contributed by atoms with Crippen molar-refractivity contribution in [3.63, 3.8) is 0 Å². The number of H-pyrrole nitrogens is 1. The van der Waals surface area contributed by atoms with E-state index in [4.69, 9.17) is 4.98 Å². The molecule has 2 N–H and O–H groups in total. The summed E-state index contributed by atoms with van der Waals surface area (Å²) in [6.45, 7) is 4.89. The first-order valence-corrected chi connectivity index (χ1v) is 8.59. The lowest BCUT2D eigenvalue weighted by molar-refractivity contribution is 0.0946. The van der Waals surface area contributed by atoms with Crippen molar-refractivity contribution in [1.82, 2.24) is 20.3 Å². The summed E-state index contributed by atoms with van der Waals surface area (Å²) in [5.41, 5.74) is 6.86. The van der Waals surface area contributed by atoms with E-state index in [9.17, 15) is 4.79 Å². The second-order valence-corrected chi connectivity index (χ2v) is 6.31. The number of nitrogens with one attached hydrogen (secondary N) is 2. The third-order valence-corrected chi connectivity index (χ3v) is 4.70. The second kappa shape index (κ2) is 6.16. The summed E-state index contributed by atoms with van der Waals surface area (Å²) in [7, 11) is 0. The molecule has 0 aliphatic carbocycles. The SMILES string of the molecule is CCc1cccc(C)c1-c1nccc(-c2cc3c([nH]2)CCNC3=O)n1. The Bertz CT molecular complexity index is 958. The van der Waals surface area contributed by atoms with Gasteiger partial charge in [-0.05, 0) is 36.6 Å². The molecule has 0 spiro atoms. The maximum absolute atomic E-state index is 12.0. The number of hydrogen-bond donors (Lipinski definition) is 2. The van der Waals surface area contributed by atoms with Crippen molar-refractivity contribution in [3.05, 3.63) is 58.9 Å². The Hall–Kier alpha value is -2.95. The number of aromatic nitrogens is 3. The molecule has 1 amide bonds. The molecular formula is C20H20N4O. The fourth-order valence-corrected chi connectivity index (χ4v) is 3.40. The van der Waals surface area contributed by atoms with E-state index in [1.807, 2.05) is 12.1 Å². The van der Waals surface area contributed by atoms with Crippen LogP contribution >= 0.6 is 0 Å². The molecule has 2 aromatic heterocycles. The number of fused-ring (bicyclic) bond motifs is 1. The molecule has 0 saturated carbocycles. The molecule has 3 aromatic rings. The smallest absolute Gasteiger partial charge is 0.253 e. The van der Waals surface area contributed by atoms with Gasteiger partial charge in [-0.25, -0.2) is 9.97 Å². The number of carbonyl (C=O) groups excluding carboxylic acids is 1. The number of aromatic amines is 1. The van der Waals surface area contributed by atoms with E-state index >= 15 is 0 Å². The fourth-order valence-electron chi connectivity index (χ4n) is 3.40.